The smallest absolute Gasteiger partial charge is 0.0973 e. The van der Waals surface area contributed by atoms with Crippen molar-refractivity contribution in [2.24, 2.45) is 5.92 Å². The van der Waals surface area contributed by atoms with Gasteiger partial charge in [-0.25, -0.2) is 0 Å². The van der Waals surface area contributed by atoms with Crippen molar-refractivity contribution in [3.63, 3.8) is 0 Å². The van der Waals surface area contributed by atoms with Crippen molar-refractivity contribution < 1.29 is 14.9 Å². The first-order chi connectivity index (χ1) is 9.40. The summed E-state index contributed by atoms with van der Waals surface area (Å²) in [5.41, 5.74) is -1.16. The molecular weight excluding hydrogens is 423 g/mol. The van der Waals surface area contributed by atoms with Gasteiger partial charge in [0.1, 0.15) is 0 Å². The first-order valence-corrected chi connectivity index (χ1v) is 9.64. The molecule has 2 aliphatic rings. The SMILES string of the molecule is CC1(C)O[C@](C)([C@@H]2C[C@H](Br)[C@@](C)(Cl)C[C@@H]2O)[C@H](O)C[C@H]1Br. The highest BCUT2D eigenvalue weighted by Crippen LogP contribution is 2.50. The highest BCUT2D eigenvalue weighted by molar-refractivity contribution is 9.09. The molecule has 0 amide bonds. The minimum atomic E-state index is -0.771. The summed E-state index contributed by atoms with van der Waals surface area (Å²) in [5, 5.41) is 21.2. The average Bonchev–Trinajstić information content (AvgIpc) is 2.30. The Kier molecular flexibility index (Phi) is 5.18. The number of ether oxygens (including phenoxy) is 1. The second kappa shape index (κ2) is 5.89. The molecule has 0 aromatic rings. The number of aliphatic hydroxyl groups is 2. The second-order valence-corrected chi connectivity index (χ2v) is 10.5. The third-order valence-corrected chi connectivity index (χ3v) is 8.79. The van der Waals surface area contributed by atoms with Crippen LogP contribution < -0.4 is 0 Å². The molecular formula is C15H25Br2ClO3. The predicted octanol–water partition coefficient (Wildman–Crippen LogP) is 3.60. The van der Waals surface area contributed by atoms with Crippen LogP contribution in [0.4, 0.5) is 0 Å². The molecule has 0 bridgehead atoms. The fourth-order valence-electron chi connectivity index (χ4n) is 3.66. The molecule has 2 N–H and O–H groups in total. The minimum Gasteiger partial charge on any atom is -0.393 e. The molecule has 1 saturated carbocycles. The van der Waals surface area contributed by atoms with Gasteiger partial charge in [-0.3, -0.25) is 0 Å². The van der Waals surface area contributed by atoms with Gasteiger partial charge in [0.2, 0.25) is 0 Å². The number of hydrogen-bond donors (Lipinski definition) is 2. The summed E-state index contributed by atoms with van der Waals surface area (Å²) in [6.45, 7) is 7.89. The Bertz CT molecular complexity index is 404. The first-order valence-electron chi connectivity index (χ1n) is 7.43. The van der Waals surface area contributed by atoms with Crippen molar-refractivity contribution in [3.8, 4) is 0 Å². The third kappa shape index (κ3) is 3.34. The van der Waals surface area contributed by atoms with Gasteiger partial charge in [-0.05, 0) is 47.0 Å². The summed E-state index contributed by atoms with van der Waals surface area (Å²) < 4.78 is 6.29. The zero-order valence-electron chi connectivity index (χ0n) is 12.9. The minimum absolute atomic E-state index is 0.0810. The molecule has 1 aliphatic heterocycles. The Morgan fingerprint density at radius 2 is 1.62 bits per heavy atom. The van der Waals surface area contributed by atoms with E-state index in [0.29, 0.717) is 19.3 Å². The maximum absolute atomic E-state index is 10.6. The molecule has 0 spiro atoms. The van der Waals surface area contributed by atoms with Gasteiger partial charge in [-0.2, -0.15) is 0 Å². The highest BCUT2D eigenvalue weighted by Gasteiger charge is 2.57. The quantitative estimate of drug-likeness (QED) is 0.603. The van der Waals surface area contributed by atoms with Crippen LogP contribution in [0.2, 0.25) is 0 Å². The molecule has 7 atom stereocenters. The summed E-state index contributed by atoms with van der Waals surface area (Å²) in [6.07, 6.45) is 0.576. The summed E-state index contributed by atoms with van der Waals surface area (Å²) in [7, 11) is 0. The lowest BCUT2D eigenvalue weighted by Gasteiger charge is -2.56. The molecule has 0 radical (unpaired) electrons. The van der Waals surface area contributed by atoms with Crippen molar-refractivity contribution in [2.45, 2.75) is 84.9 Å². The third-order valence-electron chi connectivity index (χ3n) is 5.25. The zero-order chi connectivity index (χ0) is 16.2. The fourth-order valence-corrected chi connectivity index (χ4v) is 4.94. The van der Waals surface area contributed by atoms with Crippen LogP contribution in [-0.2, 0) is 4.74 Å². The number of halogens is 3. The number of aliphatic hydroxyl groups excluding tert-OH is 2. The van der Waals surface area contributed by atoms with Crippen LogP contribution in [0, 0.1) is 5.92 Å². The Labute approximate surface area is 149 Å². The van der Waals surface area contributed by atoms with Crippen LogP contribution in [0.3, 0.4) is 0 Å². The van der Waals surface area contributed by atoms with E-state index < -0.39 is 28.3 Å². The van der Waals surface area contributed by atoms with Crippen LogP contribution in [-0.4, -0.2) is 48.2 Å². The highest BCUT2D eigenvalue weighted by atomic mass is 79.9. The molecule has 3 nitrogen and oxygen atoms in total. The molecule has 1 saturated heterocycles. The Morgan fingerprint density at radius 1 is 1.05 bits per heavy atom. The Balaban J connectivity index is 2.27. The topological polar surface area (TPSA) is 49.7 Å². The predicted molar refractivity (Wildman–Crippen MR) is 92.6 cm³/mol. The lowest BCUT2D eigenvalue weighted by molar-refractivity contribution is -0.251. The maximum atomic E-state index is 10.6. The molecule has 21 heavy (non-hydrogen) atoms. The van der Waals surface area contributed by atoms with Crippen LogP contribution in [0.1, 0.15) is 47.0 Å². The molecule has 2 fully saturated rings. The van der Waals surface area contributed by atoms with Gasteiger partial charge in [-0.15, -0.1) is 11.6 Å². The van der Waals surface area contributed by atoms with Crippen molar-refractivity contribution >= 4 is 43.5 Å². The molecule has 124 valence electrons. The van der Waals surface area contributed by atoms with Gasteiger partial charge in [0.15, 0.2) is 0 Å². The van der Waals surface area contributed by atoms with Gasteiger partial charge in [0.05, 0.1) is 28.3 Å². The lowest BCUT2D eigenvalue weighted by atomic mass is 9.68. The van der Waals surface area contributed by atoms with Gasteiger partial charge < -0.3 is 14.9 Å². The first kappa shape index (κ1) is 18.5. The van der Waals surface area contributed by atoms with Gasteiger partial charge >= 0.3 is 0 Å². The van der Waals surface area contributed by atoms with Crippen LogP contribution in [0.15, 0.2) is 0 Å². The van der Waals surface area contributed by atoms with E-state index in [4.69, 9.17) is 16.3 Å². The lowest BCUT2D eigenvalue weighted by Crippen LogP contribution is -2.64. The average molecular weight is 449 g/mol. The molecule has 0 aromatic carbocycles. The normalized spacial score (nSPS) is 54.4. The van der Waals surface area contributed by atoms with Gasteiger partial charge in [-0.1, -0.05) is 31.9 Å². The van der Waals surface area contributed by atoms with Gasteiger partial charge in [0.25, 0.3) is 0 Å². The van der Waals surface area contributed by atoms with E-state index in [1.807, 2.05) is 27.7 Å². The molecule has 1 aliphatic carbocycles. The maximum Gasteiger partial charge on any atom is 0.0973 e. The molecule has 6 heteroatoms. The second-order valence-electron chi connectivity index (χ2n) is 7.47. The Hall–Kier alpha value is 1.13. The van der Waals surface area contributed by atoms with E-state index in [0.717, 1.165) is 0 Å². The molecule has 1 heterocycles. The van der Waals surface area contributed by atoms with Crippen molar-refractivity contribution in [1.82, 2.24) is 0 Å². The molecule has 0 unspecified atom stereocenters. The molecule has 2 rings (SSSR count). The van der Waals surface area contributed by atoms with Crippen LogP contribution in [0.25, 0.3) is 0 Å². The number of alkyl halides is 3. The summed E-state index contributed by atoms with van der Waals surface area (Å²) >= 11 is 13.7. The largest absolute Gasteiger partial charge is 0.393 e. The monoisotopic (exact) mass is 446 g/mol. The summed E-state index contributed by atoms with van der Waals surface area (Å²) in [5.74, 6) is -0.150. The van der Waals surface area contributed by atoms with Crippen molar-refractivity contribution in [2.75, 3.05) is 0 Å². The zero-order valence-corrected chi connectivity index (χ0v) is 16.9. The van der Waals surface area contributed by atoms with Crippen LogP contribution >= 0.6 is 43.5 Å². The molecule has 0 aromatic heterocycles. The Morgan fingerprint density at radius 3 is 2.19 bits per heavy atom. The van der Waals surface area contributed by atoms with E-state index in [1.54, 1.807) is 0 Å². The summed E-state index contributed by atoms with van der Waals surface area (Å²) in [4.78, 5) is -0.302. The van der Waals surface area contributed by atoms with E-state index in [-0.39, 0.29) is 15.6 Å². The van der Waals surface area contributed by atoms with E-state index in [2.05, 4.69) is 31.9 Å². The van der Waals surface area contributed by atoms with E-state index >= 15 is 0 Å². The number of rotatable bonds is 1. The van der Waals surface area contributed by atoms with Crippen molar-refractivity contribution in [1.29, 1.82) is 0 Å². The van der Waals surface area contributed by atoms with Gasteiger partial charge in [0, 0.05) is 15.6 Å². The summed E-state index contributed by atoms with van der Waals surface area (Å²) in [6, 6.07) is 0. The fraction of sp³-hybridized carbons (Fsp3) is 1.00. The number of hydrogen-bond acceptors (Lipinski definition) is 3. The van der Waals surface area contributed by atoms with E-state index in [9.17, 15) is 10.2 Å². The standard InChI is InChI=1S/C15H25Br2ClO3/c1-13(2)10(16)6-12(20)15(4,21-13)8-5-11(17)14(3,18)7-9(8)19/h8-12,19-20H,5-7H2,1-4H3/t8-,9+,10-,11+,12-,14+,15-/m1/s1. The van der Waals surface area contributed by atoms with Crippen molar-refractivity contribution in [3.05, 3.63) is 0 Å². The van der Waals surface area contributed by atoms with E-state index in [1.165, 1.54) is 0 Å². The van der Waals surface area contributed by atoms with Crippen LogP contribution in [0.5, 0.6) is 0 Å².